The monoisotopic (exact) mass is 353 g/mol. The third-order valence-electron chi connectivity index (χ3n) is 4.56. The first-order chi connectivity index (χ1) is 13.2. The minimum Gasteiger partial charge on any atom is -0.331 e. The molecule has 4 rings (SSSR count). The third-order valence-corrected chi connectivity index (χ3v) is 4.56. The molecule has 0 fully saturated rings. The number of rotatable bonds is 5. The van der Waals surface area contributed by atoms with Crippen LogP contribution in [0.2, 0.25) is 0 Å². The van der Waals surface area contributed by atoms with E-state index in [1.165, 1.54) is 0 Å². The molecule has 27 heavy (non-hydrogen) atoms. The number of hydrogen-bond donors (Lipinski definition) is 0. The highest BCUT2D eigenvalue weighted by Gasteiger charge is 2.15. The van der Waals surface area contributed by atoms with Gasteiger partial charge in [0.1, 0.15) is 0 Å². The zero-order valence-electron chi connectivity index (χ0n) is 14.9. The Labute approximate surface area is 157 Å². The molecule has 0 spiro atoms. The first-order valence-electron chi connectivity index (χ1n) is 8.81. The molecule has 0 radical (unpaired) electrons. The van der Waals surface area contributed by atoms with Crippen molar-refractivity contribution in [1.82, 2.24) is 14.9 Å². The van der Waals surface area contributed by atoms with Crippen LogP contribution < -0.4 is 0 Å². The maximum atomic E-state index is 12.8. The van der Waals surface area contributed by atoms with Crippen LogP contribution in [0.3, 0.4) is 0 Å². The third kappa shape index (κ3) is 3.06. The summed E-state index contributed by atoms with van der Waals surface area (Å²) in [5.41, 5.74) is 3.76. The molecule has 0 N–H and O–H groups in total. The van der Waals surface area contributed by atoms with Crippen molar-refractivity contribution in [3.05, 3.63) is 85.5 Å². The molecule has 132 valence electrons. The van der Waals surface area contributed by atoms with Crippen molar-refractivity contribution in [2.75, 3.05) is 13.1 Å². The fourth-order valence-electron chi connectivity index (χ4n) is 3.28. The Balaban J connectivity index is 1.86. The number of aromatic nitrogens is 2. The van der Waals surface area contributed by atoms with Gasteiger partial charge in [0.05, 0.1) is 22.1 Å². The number of nitrogens with zero attached hydrogens (tertiary/aromatic N) is 3. The van der Waals surface area contributed by atoms with Crippen LogP contribution in [-0.2, 0) is 0 Å². The van der Waals surface area contributed by atoms with Crippen molar-refractivity contribution in [3.63, 3.8) is 0 Å². The number of amides is 1. The Kier molecular flexibility index (Phi) is 4.38. The van der Waals surface area contributed by atoms with E-state index in [0.717, 1.165) is 27.3 Å². The van der Waals surface area contributed by atoms with Crippen molar-refractivity contribution in [2.45, 2.75) is 0 Å². The van der Waals surface area contributed by atoms with Crippen LogP contribution >= 0.6 is 0 Å². The minimum atomic E-state index is -0.0727. The Hall–Kier alpha value is -3.53. The average Bonchev–Trinajstić information content (AvgIpc) is 2.71. The highest BCUT2D eigenvalue weighted by molar-refractivity contribution is 6.06. The fraction of sp³-hybridized carbons (Fsp3) is 0.0870. The van der Waals surface area contributed by atoms with Gasteiger partial charge in [-0.15, -0.1) is 13.2 Å². The lowest BCUT2D eigenvalue weighted by atomic mass is 10.1. The molecule has 0 aliphatic carbocycles. The summed E-state index contributed by atoms with van der Waals surface area (Å²) in [7, 11) is 0. The summed E-state index contributed by atoms with van der Waals surface area (Å²) < 4.78 is 0. The highest BCUT2D eigenvalue weighted by atomic mass is 16.2. The molecular formula is C23H19N3O. The summed E-state index contributed by atoms with van der Waals surface area (Å²) in [4.78, 5) is 24.1. The minimum absolute atomic E-state index is 0.0727. The molecule has 1 aromatic heterocycles. The first-order valence-corrected chi connectivity index (χ1v) is 8.81. The molecule has 0 bridgehead atoms. The van der Waals surface area contributed by atoms with Gasteiger partial charge in [0.2, 0.25) is 0 Å². The summed E-state index contributed by atoms with van der Waals surface area (Å²) >= 11 is 0. The summed E-state index contributed by atoms with van der Waals surface area (Å²) in [5, 5.41) is 2.18. The Morgan fingerprint density at radius 3 is 2.41 bits per heavy atom. The number of hydrogen-bond acceptors (Lipinski definition) is 3. The average molecular weight is 353 g/mol. The van der Waals surface area contributed by atoms with Crippen LogP contribution in [0, 0.1) is 0 Å². The van der Waals surface area contributed by atoms with Gasteiger partial charge in [-0.2, -0.15) is 0 Å². The second-order valence-electron chi connectivity index (χ2n) is 6.37. The fourth-order valence-corrected chi connectivity index (χ4v) is 3.28. The number of carbonyl (C=O) groups is 1. The molecule has 0 unspecified atom stereocenters. The van der Waals surface area contributed by atoms with E-state index >= 15 is 0 Å². The lowest BCUT2D eigenvalue weighted by Gasteiger charge is -2.19. The summed E-state index contributed by atoms with van der Waals surface area (Å²) in [6.07, 6.45) is 3.42. The van der Waals surface area contributed by atoms with Crippen LogP contribution in [0.15, 0.2) is 79.9 Å². The lowest BCUT2D eigenvalue weighted by molar-refractivity contribution is 0.0791. The number of carbonyl (C=O) groups excluding carboxylic acids is 1. The van der Waals surface area contributed by atoms with E-state index in [2.05, 4.69) is 25.3 Å². The molecule has 3 aromatic carbocycles. The van der Waals surface area contributed by atoms with E-state index in [9.17, 15) is 4.79 Å². The molecule has 0 atom stereocenters. The van der Waals surface area contributed by atoms with Crippen LogP contribution in [0.4, 0.5) is 0 Å². The van der Waals surface area contributed by atoms with Gasteiger partial charge >= 0.3 is 0 Å². The second kappa shape index (κ2) is 7.00. The molecule has 0 aliphatic heterocycles. The van der Waals surface area contributed by atoms with E-state index in [1.54, 1.807) is 23.1 Å². The number of benzene rings is 3. The van der Waals surface area contributed by atoms with Crippen LogP contribution in [0.25, 0.3) is 32.8 Å². The van der Waals surface area contributed by atoms with Crippen molar-refractivity contribution in [3.8, 4) is 0 Å². The topological polar surface area (TPSA) is 46.1 Å². The Bertz CT molecular complexity index is 1190. The SMILES string of the molecule is C=CCN(CC=C)C(=O)c1ccc2nc3ccc4ccccc4c3nc2c1. The van der Waals surface area contributed by atoms with E-state index in [1.807, 2.05) is 36.4 Å². The molecule has 1 amide bonds. The number of fused-ring (bicyclic) bond motifs is 4. The molecular weight excluding hydrogens is 334 g/mol. The highest BCUT2D eigenvalue weighted by Crippen LogP contribution is 2.25. The van der Waals surface area contributed by atoms with Crippen molar-refractivity contribution < 1.29 is 4.79 Å². The van der Waals surface area contributed by atoms with Gasteiger partial charge in [0, 0.05) is 24.0 Å². The quantitative estimate of drug-likeness (QED) is 0.295. The van der Waals surface area contributed by atoms with E-state index in [-0.39, 0.29) is 5.91 Å². The summed E-state index contributed by atoms with van der Waals surface area (Å²) in [6, 6.07) is 17.6. The Morgan fingerprint density at radius 2 is 1.63 bits per heavy atom. The second-order valence-corrected chi connectivity index (χ2v) is 6.37. The van der Waals surface area contributed by atoms with Gasteiger partial charge in [-0.1, -0.05) is 42.5 Å². The van der Waals surface area contributed by atoms with Gasteiger partial charge in [0.25, 0.3) is 5.91 Å². The van der Waals surface area contributed by atoms with Gasteiger partial charge in [0.15, 0.2) is 0 Å². The summed E-state index contributed by atoms with van der Waals surface area (Å²) in [6.45, 7) is 8.38. The zero-order chi connectivity index (χ0) is 18.8. The normalized spacial score (nSPS) is 11.0. The van der Waals surface area contributed by atoms with Crippen LogP contribution in [-0.4, -0.2) is 33.9 Å². The molecule has 4 nitrogen and oxygen atoms in total. The van der Waals surface area contributed by atoms with E-state index < -0.39 is 0 Å². The predicted octanol–water partition coefficient (Wildman–Crippen LogP) is 4.75. The maximum Gasteiger partial charge on any atom is 0.254 e. The van der Waals surface area contributed by atoms with Gasteiger partial charge in [-0.3, -0.25) is 4.79 Å². The smallest absolute Gasteiger partial charge is 0.254 e. The van der Waals surface area contributed by atoms with Crippen LogP contribution in [0.1, 0.15) is 10.4 Å². The van der Waals surface area contributed by atoms with Crippen molar-refractivity contribution >= 4 is 38.7 Å². The standard InChI is InChI=1S/C23H19N3O/c1-3-13-26(14-4-2)23(27)17-10-11-19-21(15-17)25-22-18-8-6-5-7-16(18)9-12-20(22)24-19/h3-12,15H,1-2,13-14H2. The predicted molar refractivity (Wildman–Crippen MR) is 111 cm³/mol. The van der Waals surface area contributed by atoms with Crippen molar-refractivity contribution in [2.24, 2.45) is 0 Å². The molecule has 0 saturated heterocycles. The Morgan fingerprint density at radius 1 is 0.889 bits per heavy atom. The molecule has 0 saturated carbocycles. The molecule has 4 heteroatoms. The lowest BCUT2D eigenvalue weighted by Crippen LogP contribution is -2.31. The molecule has 1 heterocycles. The zero-order valence-corrected chi connectivity index (χ0v) is 14.9. The van der Waals surface area contributed by atoms with Gasteiger partial charge in [-0.05, 0) is 29.7 Å². The van der Waals surface area contributed by atoms with Crippen molar-refractivity contribution in [1.29, 1.82) is 0 Å². The summed E-state index contributed by atoms with van der Waals surface area (Å²) in [5.74, 6) is -0.0727. The molecule has 4 aromatic rings. The maximum absolute atomic E-state index is 12.8. The molecule has 0 aliphatic rings. The van der Waals surface area contributed by atoms with E-state index in [0.29, 0.717) is 24.2 Å². The largest absolute Gasteiger partial charge is 0.331 e. The first kappa shape index (κ1) is 16.9. The van der Waals surface area contributed by atoms with Gasteiger partial charge < -0.3 is 4.90 Å². The van der Waals surface area contributed by atoms with Crippen LogP contribution in [0.5, 0.6) is 0 Å². The van der Waals surface area contributed by atoms with Gasteiger partial charge in [-0.25, -0.2) is 9.97 Å². The van der Waals surface area contributed by atoms with E-state index in [4.69, 9.17) is 9.97 Å².